The number of rotatable bonds is 11. The molecule has 0 saturated carbocycles. The quantitative estimate of drug-likeness (QED) is 0.148. The molecule has 3 amide bonds. The molecule has 1 atom stereocenters. The zero-order valence-corrected chi connectivity index (χ0v) is 28.0. The van der Waals surface area contributed by atoms with Crippen molar-refractivity contribution >= 4 is 54.7 Å². The Labute approximate surface area is 282 Å². The number of fused-ring (bicyclic) bond motifs is 2. The number of unbranched alkanes of at least 4 members (excludes halogenated alkanes) is 2. The molecule has 6 rings (SSSR count). The number of carbonyl (C=O) groups is 2. The highest BCUT2D eigenvalue weighted by Crippen LogP contribution is 2.26. The highest BCUT2D eigenvalue weighted by Gasteiger charge is 2.32. The summed E-state index contributed by atoms with van der Waals surface area (Å²) in [6.07, 6.45) is 2.93. The average molecular weight is 664 g/mol. The predicted molar refractivity (Wildman–Crippen MR) is 192 cm³/mol. The molecule has 48 heavy (non-hydrogen) atoms. The first-order valence-electron chi connectivity index (χ1n) is 16.5. The number of ether oxygens (including phenoxy) is 1. The average Bonchev–Trinajstić information content (AvgIpc) is 3.11. The van der Waals surface area contributed by atoms with E-state index in [0.29, 0.717) is 49.0 Å². The number of nitrogens with zero attached hydrogens (tertiary/aromatic N) is 2. The number of anilines is 2. The molecule has 1 aliphatic rings. The minimum Gasteiger partial charge on any atom is -0.378 e. The molecule has 0 aliphatic carbocycles. The van der Waals surface area contributed by atoms with Gasteiger partial charge in [0.1, 0.15) is 6.04 Å². The molecule has 1 saturated heterocycles. The molecular formula is C39H41N3O5S. The maximum Gasteiger partial charge on any atom is 0.325 e. The van der Waals surface area contributed by atoms with Gasteiger partial charge in [0.15, 0.2) is 9.84 Å². The fourth-order valence-corrected chi connectivity index (χ4v) is 7.58. The largest absolute Gasteiger partial charge is 0.378 e. The third kappa shape index (κ3) is 7.86. The molecule has 0 radical (unpaired) electrons. The normalized spacial score (nSPS) is 14.1. The van der Waals surface area contributed by atoms with E-state index in [1.54, 1.807) is 28.9 Å². The molecule has 1 N–H and O–H groups in total. The second kappa shape index (κ2) is 15.0. The van der Waals surface area contributed by atoms with Crippen LogP contribution in [0.1, 0.15) is 31.7 Å². The summed E-state index contributed by atoms with van der Waals surface area (Å²) < 4.78 is 31.4. The first-order chi connectivity index (χ1) is 23.3. The van der Waals surface area contributed by atoms with E-state index in [0.717, 1.165) is 46.4 Å². The number of hydrogen-bond donors (Lipinski definition) is 1. The van der Waals surface area contributed by atoms with Crippen molar-refractivity contribution in [1.29, 1.82) is 0 Å². The Kier molecular flexibility index (Phi) is 10.4. The van der Waals surface area contributed by atoms with E-state index < -0.39 is 15.9 Å². The first kappa shape index (κ1) is 33.2. The molecule has 1 aliphatic heterocycles. The standard InChI is InChI=1S/C39H41N3O5S/c1-29(42(39(44)41-21-23-47-24-22-41)36-19-17-31-12-4-6-14-33(31)27-36)38(43)40-35-16-9-11-30(26-35)10-3-2-8-25-48(45,46)37-20-18-32-13-5-7-15-34(32)28-37/h4-7,9,11-20,26-29H,2-3,8,10,21-25H2,1H3,(H,40,43). The molecule has 0 bridgehead atoms. The topological polar surface area (TPSA) is 96.0 Å². The highest BCUT2D eigenvalue weighted by molar-refractivity contribution is 7.91. The van der Waals surface area contributed by atoms with Crippen LogP contribution in [0.25, 0.3) is 21.5 Å². The van der Waals surface area contributed by atoms with Crippen molar-refractivity contribution in [3.8, 4) is 0 Å². The van der Waals surface area contributed by atoms with E-state index in [-0.39, 0.29) is 17.7 Å². The lowest BCUT2D eigenvalue weighted by Gasteiger charge is -2.35. The van der Waals surface area contributed by atoms with Crippen LogP contribution in [0.5, 0.6) is 0 Å². The van der Waals surface area contributed by atoms with Crippen molar-refractivity contribution in [2.45, 2.75) is 43.5 Å². The molecule has 0 spiro atoms. The maximum atomic E-state index is 13.8. The summed E-state index contributed by atoms with van der Waals surface area (Å²) in [7, 11) is -3.36. The van der Waals surface area contributed by atoms with Crippen LogP contribution in [0, 0.1) is 0 Å². The summed E-state index contributed by atoms with van der Waals surface area (Å²) in [6.45, 7) is 3.61. The van der Waals surface area contributed by atoms with Crippen molar-refractivity contribution in [3.63, 3.8) is 0 Å². The third-order valence-electron chi connectivity index (χ3n) is 8.92. The van der Waals surface area contributed by atoms with Crippen molar-refractivity contribution in [3.05, 3.63) is 115 Å². The molecular weight excluding hydrogens is 623 g/mol. The minimum absolute atomic E-state index is 0.107. The van der Waals surface area contributed by atoms with E-state index in [9.17, 15) is 18.0 Å². The van der Waals surface area contributed by atoms with E-state index in [2.05, 4.69) is 5.32 Å². The van der Waals surface area contributed by atoms with Crippen LogP contribution in [0.2, 0.25) is 0 Å². The molecule has 248 valence electrons. The number of nitrogens with one attached hydrogen (secondary N) is 1. The van der Waals surface area contributed by atoms with Gasteiger partial charge >= 0.3 is 6.03 Å². The summed E-state index contributed by atoms with van der Waals surface area (Å²) >= 11 is 0. The Bertz CT molecular complexity index is 2020. The van der Waals surface area contributed by atoms with Crippen molar-refractivity contribution < 1.29 is 22.7 Å². The van der Waals surface area contributed by atoms with Crippen LogP contribution < -0.4 is 10.2 Å². The lowest BCUT2D eigenvalue weighted by atomic mass is 10.1. The lowest BCUT2D eigenvalue weighted by molar-refractivity contribution is -0.117. The fourth-order valence-electron chi connectivity index (χ4n) is 6.18. The van der Waals surface area contributed by atoms with Crippen LogP contribution >= 0.6 is 0 Å². The molecule has 9 heteroatoms. The number of carbonyl (C=O) groups excluding carboxylic acids is 2. The van der Waals surface area contributed by atoms with Gasteiger partial charge in [-0.15, -0.1) is 0 Å². The number of morpholine rings is 1. The number of sulfone groups is 1. The SMILES string of the molecule is CC(C(=O)Nc1cccc(CCCCCS(=O)(=O)c2ccc3ccccc3c2)c1)N(C(=O)N1CCOCC1)c1ccc2ccccc2c1. The van der Waals surface area contributed by atoms with Crippen molar-refractivity contribution in [2.75, 3.05) is 42.3 Å². The van der Waals surface area contributed by atoms with Gasteiger partial charge in [0.05, 0.1) is 23.9 Å². The molecule has 1 fully saturated rings. The van der Waals surface area contributed by atoms with Gasteiger partial charge in [-0.05, 0) is 89.7 Å². The van der Waals surface area contributed by atoms with Crippen molar-refractivity contribution in [2.24, 2.45) is 0 Å². The van der Waals surface area contributed by atoms with Gasteiger partial charge in [0.2, 0.25) is 5.91 Å². The van der Waals surface area contributed by atoms with E-state index >= 15 is 0 Å². The summed E-state index contributed by atoms with van der Waals surface area (Å²) in [6, 6.07) is 33.5. The van der Waals surface area contributed by atoms with E-state index in [1.807, 2.05) is 97.1 Å². The van der Waals surface area contributed by atoms with Gasteiger partial charge in [-0.1, -0.05) is 79.2 Å². The first-order valence-corrected chi connectivity index (χ1v) is 18.2. The molecule has 1 unspecified atom stereocenters. The molecule has 8 nitrogen and oxygen atoms in total. The number of hydrogen-bond acceptors (Lipinski definition) is 5. The zero-order valence-electron chi connectivity index (χ0n) is 27.2. The van der Waals surface area contributed by atoms with Gasteiger partial charge in [0.25, 0.3) is 0 Å². The Morgan fingerprint density at radius 3 is 2.17 bits per heavy atom. The minimum atomic E-state index is -3.36. The Morgan fingerprint density at radius 2 is 1.44 bits per heavy atom. The lowest BCUT2D eigenvalue weighted by Crippen LogP contribution is -2.54. The van der Waals surface area contributed by atoms with E-state index in [4.69, 9.17) is 4.74 Å². The number of urea groups is 1. The Hall–Kier alpha value is -4.73. The Balaban J connectivity index is 1.07. The second-order valence-electron chi connectivity index (χ2n) is 12.3. The molecule has 0 aromatic heterocycles. The van der Waals surface area contributed by atoms with Crippen molar-refractivity contribution in [1.82, 2.24) is 4.90 Å². The molecule has 5 aromatic rings. The van der Waals surface area contributed by atoms with Gasteiger partial charge in [-0.3, -0.25) is 9.69 Å². The van der Waals surface area contributed by atoms with Crippen LogP contribution in [-0.4, -0.2) is 63.4 Å². The summed E-state index contributed by atoms with van der Waals surface area (Å²) in [4.78, 5) is 31.2. The highest BCUT2D eigenvalue weighted by atomic mass is 32.2. The number of benzene rings is 5. The van der Waals surface area contributed by atoms with Crippen LogP contribution in [0.3, 0.4) is 0 Å². The monoisotopic (exact) mass is 663 g/mol. The molecule has 1 heterocycles. The molecule has 5 aromatic carbocycles. The van der Waals surface area contributed by atoms with Crippen LogP contribution in [0.4, 0.5) is 16.2 Å². The smallest absolute Gasteiger partial charge is 0.325 e. The fraction of sp³-hybridized carbons (Fsp3) is 0.282. The summed E-state index contributed by atoms with van der Waals surface area (Å²) in [5.41, 5.74) is 2.36. The maximum absolute atomic E-state index is 13.8. The Morgan fingerprint density at radius 1 is 0.771 bits per heavy atom. The summed E-state index contributed by atoms with van der Waals surface area (Å²) in [5, 5.41) is 7.01. The van der Waals surface area contributed by atoms with E-state index in [1.165, 1.54) is 0 Å². The second-order valence-corrected chi connectivity index (χ2v) is 14.4. The van der Waals surface area contributed by atoms with Gasteiger partial charge in [-0.2, -0.15) is 0 Å². The zero-order chi connectivity index (χ0) is 33.5. The number of amides is 3. The van der Waals surface area contributed by atoms with Crippen LogP contribution in [-0.2, 0) is 25.8 Å². The van der Waals surface area contributed by atoms with Gasteiger partial charge in [0, 0.05) is 24.5 Å². The van der Waals surface area contributed by atoms with Gasteiger partial charge in [-0.25, -0.2) is 13.2 Å². The van der Waals surface area contributed by atoms with Crippen LogP contribution in [0.15, 0.2) is 114 Å². The third-order valence-corrected chi connectivity index (χ3v) is 10.7. The number of aryl methyl sites for hydroxylation is 1. The predicted octanol–water partition coefficient (Wildman–Crippen LogP) is 7.47. The van der Waals surface area contributed by atoms with Gasteiger partial charge < -0.3 is 15.0 Å². The summed E-state index contributed by atoms with van der Waals surface area (Å²) in [5.74, 6) is -0.184.